The van der Waals surface area contributed by atoms with Crippen LogP contribution in [0, 0.1) is 6.92 Å². The van der Waals surface area contributed by atoms with Gasteiger partial charge in [0.1, 0.15) is 11.6 Å². The summed E-state index contributed by atoms with van der Waals surface area (Å²) in [7, 11) is 0. The van der Waals surface area contributed by atoms with Crippen LogP contribution >= 0.6 is 0 Å². The molecule has 1 aliphatic rings. The molecule has 0 atom stereocenters. The van der Waals surface area contributed by atoms with Crippen LogP contribution < -0.4 is 4.90 Å². The molecule has 1 N–H and O–H groups in total. The molecule has 4 rings (SSSR count). The van der Waals surface area contributed by atoms with E-state index >= 15 is 0 Å². The Morgan fingerprint density at radius 2 is 1.93 bits per heavy atom. The quantitative estimate of drug-likeness (QED) is 0.754. The molecule has 28 heavy (non-hydrogen) atoms. The van der Waals surface area contributed by atoms with Crippen molar-refractivity contribution in [3.05, 3.63) is 47.8 Å². The zero-order chi connectivity index (χ0) is 19.8. The second kappa shape index (κ2) is 7.14. The van der Waals surface area contributed by atoms with E-state index in [2.05, 4.69) is 18.9 Å². The van der Waals surface area contributed by atoms with E-state index in [1.165, 1.54) is 0 Å². The average molecular weight is 379 g/mol. The summed E-state index contributed by atoms with van der Waals surface area (Å²) in [6.07, 6.45) is 2.95. The molecule has 7 heteroatoms. The van der Waals surface area contributed by atoms with E-state index in [-0.39, 0.29) is 24.1 Å². The lowest BCUT2D eigenvalue weighted by Crippen LogP contribution is -2.38. The minimum atomic E-state index is 0.0309. The summed E-state index contributed by atoms with van der Waals surface area (Å²) < 4.78 is 3.92. The number of fused-ring (bicyclic) bond motifs is 1. The summed E-state index contributed by atoms with van der Waals surface area (Å²) in [5.41, 5.74) is 3.75. The molecule has 3 aromatic rings. The number of carbonyl (C=O) groups excluding carboxylic acids is 1. The maximum absolute atomic E-state index is 13.2. The maximum Gasteiger partial charge on any atom is 0.232 e. The van der Waals surface area contributed by atoms with Crippen molar-refractivity contribution in [3.63, 3.8) is 0 Å². The lowest BCUT2D eigenvalue weighted by atomic mass is 10.1. The van der Waals surface area contributed by atoms with E-state index in [1.54, 1.807) is 30.5 Å². The van der Waals surface area contributed by atoms with Crippen LogP contribution in [-0.4, -0.2) is 37.1 Å². The highest BCUT2D eigenvalue weighted by Crippen LogP contribution is 2.37. The SMILES string of the molecule is Cc1nn2c(c1-c1ccnn1C(C)C)N(C(=O)Cc1ccc(O)cc1)CCC2. The predicted octanol–water partition coefficient (Wildman–Crippen LogP) is 3.32. The number of phenols is 1. The number of amides is 1. The van der Waals surface area contributed by atoms with Crippen molar-refractivity contribution < 1.29 is 9.90 Å². The molecule has 2 aromatic heterocycles. The fraction of sp³-hybridized carbons (Fsp3) is 0.381. The van der Waals surface area contributed by atoms with Crippen LogP contribution in [0.2, 0.25) is 0 Å². The lowest BCUT2D eigenvalue weighted by molar-refractivity contribution is -0.118. The highest BCUT2D eigenvalue weighted by molar-refractivity contribution is 5.98. The van der Waals surface area contributed by atoms with Gasteiger partial charge in [0.25, 0.3) is 0 Å². The molecule has 0 saturated carbocycles. The number of hydrogen-bond acceptors (Lipinski definition) is 4. The molecule has 0 radical (unpaired) electrons. The molecule has 1 aliphatic heterocycles. The largest absolute Gasteiger partial charge is 0.508 e. The lowest BCUT2D eigenvalue weighted by Gasteiger charge is -2.29. The average Bonchev–Trinajstić information content (AvgIpc) is 3.26. The molecule has 146 valence electrons. The highest BCUT2D eigenvalue weighted by Gasteiger charge is 2.30. The van der Waals surface area contributed by atoms with Gasteiger partial charge >= 0.3 is 0 Å². The summed E-state index contributed by atoms with van der Waals surface area (Å²) in [5, 5.41) is 18.6. The predicted molar refractivity (Wildman–Crippen MR) is 107 cm³/mol. The van der Waals surface area contributed by atoms with E-state index in [1.807, 2.05) is 27.3 Å². The Balaban J connectivity index is 1.73. The zero-order valence-corrected chi connectivity index (χ0v) is 16.5. The van der Waals surface area contributed by atoms with Crippen LogP contribution in [0.15, 0.2) is 36.5 Å². The molecule has 3 heterocycles. The van der Waals surface area contributed by atoms with Gasteiger partial charge in [-0.05, 0) is 51.0 Å². The summed E-state index contributed by atoms with van der Waals surface area (Å²) in [4.78, 5) is 15.0. The first-order chi connectivity index (χ1) is 13.5. The molecule has 1 aromatic carbocycles. The van der Waals surface area contributed by atoms with E-state index in [0.717, 1.165) is 41.3 Å². The Hall–Kier alpha value is -3.09. The third-order valence-electron chi connectivity index (χ3n) is 5.12. The molecule has 0 unspecified atom stereocenters. The third kappa shape index (κ3) is 3.17. The third-order valence-corrected chi connectivity index (χ3v) is 5.12. The van der Waals surface area contributed by atoms with Crippen LogP contribution in [0.4, 0.5) is 5.82 Å². The molecule has 0 fully saturated rings. The number of phenolic OH excluding ortho intramolecular Hbond substituents is 1. The van der Waals surface area contributed by atoms with Crippen molar-refractivity contribution in [2.45, 2.75) is 46.2 Å². The second-order valence-corrected chi connectivity index (χ2v) is 7.50. The van der Waals surface area contributed by atoms with Crippen LogP contribution in [-0.2, 0) is 17.8 Å². The van der Waals surface area contributed by atoms with Gasteiger partial charge in [-0.2, -0.15) is 10.2 Å². The van der Waals surface area contributed by atoms with E-state index in [0.29, 0.717) is 6.54 Å². The summed E-state index contributed by atoms with van der Waals surface area (Å²) >= 11 is 0. The number of hydrogen-bond donors (Lipinski definition) is 1. The first-order valence-corrected chi connectivity index (χ1v) is 9.65. The number of aromatic nitrogens is 4. The number of nitrogens with zero attached hydrogens (tertiary/aromatic N) is 5. The van der Waals surface area contributed by atoms with Gasteiger partial charge in [0, 0.05) is 25.3 Å². The Labute approximate surface area is 164 Å². The molecule has 1 amide bonds. The van der Waals surface area contributed by atoms with Gasteiger partial charge in [0.2, 0.25) is 5.91 Å². The van der Waals surface area contributed by atoms with Crippen LogP contribution in [0.25, 0.3) is 11.3 Å². The minimum Gasteiger partial charge on any atom is -0.508 e. The van der Waals surface area contributed by atoms with Crippen molar-refractivity contribution in [3.8, 4) is 17.0 Å². The van der Waals surface area contributed by atoms with Crippen LogP contribution in [0.5, 0.6) is 5.75 Å². The van der Waals surface area contributed by atoms with Crippen LogP contribution in [0.3, 0.4) is 0 Å². The van der Waals surface area contributed by atoms with Gasteiger partial charge in [-0.25, -0.2) is 4.68 Å². The van der Waals surface area contributed by atoms with Crippen molar-refractivity contribution in [1.82, 2.24) is 19.6 Å². The van der Waals surface area contributed by atoms with Crippen molar-refractivity contribution in [2.24, 2.45) is 0 Å². The molecule has 0 aliphatic carbocycles. The molecule has 7 nitrogen and oxygen atoms in total. The fourth-order valence-corrected chi connectivity index (χ4v) is 3.83. The Bertz CT molecular complexity index is 1000. The fourth-order valence-electron chi connectivity index (χ4n) is 3.83. The summed E-state index contributed by atoms with van der Waals surface area (Å²) in [5.74, 6) is 1.09. The van der Waals surface area contributed by atoms with Gasteiger partial charge in [0.15, 0.2) is 0 Å². The minimum absolute atomic E-state index is 0.0309. The molecule has 0 bridgehead atoms. The van der Waals surface area contributed by atoms with Gasteiger partial charge in [-0.3, -0.25) is 14.4 Å². The first kappa shape index (κ1) is 18.3. The number of aryl methyl sites for hydroxylation is 2. The number of rotatable bonds is 4. The van der Waals surface area contributed by atoms with Gasteiger partial charge in [-0.1, -0.05) is 12.1 Å². The number of benzene rings is 1. The number of anilines is 1. The maximum atomic E-state index is 13.2. The topological polar surface area (TPSA) is 76.2 Å². The Morgan fingerprint density at radius 1 is 1.18 bits per heavy atom. The molecule has 0 saturated heterocycles. The first-order valence-electron chi connectivity index (χ1n) is 9.65. The highest BCUT2D eigenvalue weighted by atomic mass is 16.3. The zero-order valence-electron chi connectivity index (χ0n) is 16.5. The molecular weight excluding hydrogens is 354 g/mol. The Morgan fingerprint density at radius 3 is 2.64 bits per heavy atom. The van der Waals surface area contributed by atoms with Gasteiger partial charge in [-0.15, -0.1) is 0 Å². The van der Waals surface area contributed by atoms with Gasteiger partial charge < -0.3 is 5.11 Å². The van der Waals surface area contributed by atoms with Crippen molar-refractivity contribution in [2.75, 3.05) is 11.4 Å². The normalized spacial score (nSPS) is 13.8. The summed E-state index contributed by atoms with van der Waals surface area (Å²) in [6.45, 7) is 7.64. The number of aromatic hydroxyl groups is 1. The van der Waals surface area contributed by atoms with E-state index in [9.17, 15) is 9.90 Å². The van der Waals surface area contributed by atoms with Crippen molar-refractivity contribution in [1.29, 1.82) is 0 Å². The standard InChI is InChI=1S/C21H25N5O2/c1-14(2)26-18(9-10-22-26)20-15(3)23-25-12-4-11-24(21(20)25)19(28)13-16-5-7-17(27)8-6-16/h5-10,14,27H,4,11-13H2,1-3H3. The van der Waals surface area contributed by atoms with E-state index in [4.69, 9.17) is 5.10 Å². The summed E-state index contributed by atoms with van der Waals surface area (Å²) in [6, 6.07) is 9.00. The van der Waals surface area contributed by atoms with E-state index < -0.39 is 0 Å². The van der Waals surface area contributed by atoms with Gasteiger partial charge in [0.05, 0.1) is 23.4 Å². The smallest absolute Gasteiger partial charge is 0.232 e. The van der Waals surface area contributed by atoms with Crippen LogP contribution in [0.1, 0.15) is 37.6 Å². The monoisotopic (exact) mass is 379 g/mol. The molecular formula is C21H25N5O2. The Kier molecular flexibility index (Phi) is 4.66. The van der Waals surface area contributed by atoms with Crippen molar-refractivity contribution >= 4 is 11.7 Å². The number of carbonyl (C=O) groups is 1. The second-order valence-electron chi connectivity index (χ2n) is 7.50. The molecule has 0 spiro atoms.